The highest BCUT2D eigenvalue weighted by Gasteiger charge is 2.33. The molecule has 0 saturated heterocycles. The number of carbonyl (C=O) groups is 2. The topological polar surface area (TPSA) is 95.6 Å². The van der Waals surface area contributed by atoms with Gasteiger partial charge < -0.3 is 15.5 Å². The van der Waals surface area contributed by atoms with Gasteiger partial charge in [0.05, 0.1) is 16.6 Å². The first kappa shape index (κ1) is 17.5. The van der Waals surface area contributed by atoms with Gasteiger partial charge in [0.25, 0.3) is 0 Å². The summed E-state index contributed by atoms with van der Waals surface area (Å²) in [7, 11) is -3.70. The molecule has 8 heteroatoms. The maximum absolute atomic E-state index is 12.8. The second-order valence-electron chi connectivity index (χ2n) is 6.70. The van der Waals surface area contributed by atoms with Crippen molar-refractivity contribution in [2.75, 3.05) is 16.4 Å². The van der Waals surface area contributed by atoms with E-state index in [0.717, 1.165) is 17.5 Å². The Morgan fingerprint density at radius 1 is 1.26 bits per heavy atom. The van der Waals surface area contributed by atoms with Crippen LogP contribution >= 0.6 is 0 Å². The standard InChI is InChI=1S/C19H19N3O4S/c1-2-16-14-6-4-3-5-12(14)10-22(16)19(24)20-13-7-8-15-17(9-13)27(25,26)11-18(23)21-15/h3-9,16H,2,10-11H2,1H3,(H,20,24)(H,21,23). The molecule has 27 heavy (non-hydrogen) atoms. The minimum atomic E-state index is -3.70. The third-order valence-electron chi connectivity index (χ3n) is 4.94. The number of anilines is 2. The first-order valence-electron chi connectivity index (χ1n) is 8.71. The minimum Gasteiger partial charge on any atom is -0.324 e. The number of benzene rings is 2. The Bertz CT molecular complexity index is 1050. The van der Waals surface area contributed by atoms with Crippen molar-refractivity contribution in [3.05, 3.63) is 53.6 Å². The number of nitrogens with one attached hydrogen (secondary N) is 2. The third kappa shape index (κ3) is 3.06. The molecule has 0 spiro atoms. The molecular formula is C19H19N3O4S. The number of sulfone groups is 1. The van der Waals surface area contributed by atoms with Crippen LogP contribution in [0, 0.1) is 0 Å². The largest absolute Gasteiger partial charge is 0.324 e. The molecule has 140 valence electrons. The fourth-order valence-corrected chi connectivity index (χ4v) is 5.04. The Hall–Kier alpha value is -2.87. The Morgan fingerprint density at radius 3 is 2.81 bits per heavy atom. The molecule has 7 nitrogen and oxygen atoms in total. The van der Waals surface area contributed by atoms with Gasteiger partial charge in [0.15, 0.2) is 9.84 Å². The zero-order valence-electron chi connectivity index (χ0n) is 14.7. The second kappa shape index (κ2) is 6.38. The summed E-state index contributed by atoms with van der Waals surface area (Å²) in [5.74, 6) is -1.14. The smallest absolute Gasteiger partial charge is 0.322 e. The lowest BCUT2D eigenvalue weighted by atomic mass is 10.0. The number of rotatable bonds is 2. The van der Waals surface area contributed by atoms with Crippen molar-refractivity contribution in [2.24, 2.45) is 0 Å². The van der Waals surface area contributed by atoms with Crippen molar-refractivity contribution in [3.63, 3.8) is 0 Å². The van der Waals surface area contributed by atoms with E-state index < -0.39 is 21.5 Å². The zero-order chi connectivity index (χ0) is 19.2. The van der Waals surface area contributed by atoms with Crippen LogP contribution in [0.3, 0.4) is 0 Å². The Morgan fingerprint density at radius 2 is 2.04 bits per heavy atom. The molecule has 2 N–H and O–H groups in total. The van der Waals surface area contributed by atoms with E-state index in [2.05, 4.69) is 10.6 Å². The Labute approximate surface area is 157 Å². The number of nitrogens with zero attached hydrogens (tertiary/aromatic N) is 1. The van der Waals surface area contributed by atoms with Gasteiger partial charge in [-0.1, -0.05) is 31.2 Å². The average Bonchev–Trinajstić information content (AvgIpc) is 3.00. The summed E-state index contributed by atoms with van der Waals surface area (Å²) in [4.78, 5) is 26.1. The monoisotopic (exact) mass is 385 g/mol. The number of hydrogen-bond donors (Lipinski definition) is 2. The maximum Gasteiger partial charge on any atom is 0.322 e. The van der Waals surface area contributed by atoms with E-state index in [0.29, 0.717) is 12.2 Å². The normalized spacial score (nSPS) is 19.8. The average molecular weight is 385 g/mol. The number of hydrogen-bond acceptors (Lipinski definition) is 4. The molecule has 2 aliphatic rings. The van der Waals surface area contributed by atoms with Crippen LogP contribution in [0.2, 0.25) is 0 Å². The van der Waals surface area contributed by atoms with Crippen LogP contribution in [0.1, 0.15) is 30.5 Å². The van der Waals surface area contributed by atoms with Crippen LogP contribution in [-0.2, 0) is 21.2 Å². The molecule has 0 saturated carbocycles. The summed E-state index contributed by atoms with van der Waals surface area (Å²) in [5.41, 5.74) is 2.88. The van der Waals surface area contributed by atoms with Crippen LogP contribution in [-0.4, -0.2) is 31.0 Å². The fraction of sp³-hybridized carbons (Fsp3) is 0.263. The number of carbonyl (C=O) groups excluding carboxylic acids is 2. The van der Waals surface area contributed by atoms with Crippen LogP contribution in [0.25, 0.3) is 0 Å². The Kier molecular flexibility index (Phi) is 4.15. The quantitative estimate of drug-likeness (QED) is 0.831. The van der Waals surface area contributed by atoms with Gasteiger partial charge in [-0.15, -0.1) is 0 Å². The van der Waals surface area contributed by atoms with E-state index in [9.17, 15) is 18.0 Å². The highest BCUT2D eigenvalue weighted by atomic mass is 32.2. The van der Waals surface area contributed by atoms with Gasteiger partial charge in [0.2, 0.25) is 5.91 Å². The van der Waals surface area contributed by atoms with Crippen molar-refractivity contribution in [1.29, 1.82) is 0 Å². The van der Waals surface area contributed by atoms with Gasteiger partial charge >= 0.3 is 6.03 Å². The second-order valence-corrected chi connectivity index (χ2v) is 8.66. The lowest BCUT2D eigenvalue weighted by molar-refractivity contribution is -0.114. The molecule has 2 heterocycles. The molecule has 1 atom stereocenters. The molecule has 0 aromatic heterocycles. The summed E-state index contributed by atoms with van der Waals surface area (Å²) < 4.78 is 24.5. The number of amides is 3. The molecule has 2 aromatic carbocycles. The van der Waals surface area contributed by atoms with Crippen LogP contribution in [0.4, 0.5) is 16.2 Å². The van der Waals surface area contributed by atoms with Crippen molar-refractivity contribution in [1.82, 2.24) is 4.90 Å². The van der Waals surface area contributed by atoms with E-state index in [1.54, 1.807) is 11.0 Å². The minimum absolute atomic E-state index is 0.0122. The Balaban J connectivity index is 1.59. The van der Waals surface area contributed by atoms with Crippen LogP contribution < -0.4 is 10.6 Å². The van der Waals surface area contributed by atoms with Crippen molar-refractivity contribution in [2.45, 2.75) is 30.8 Å². The number of fused-ring (bicyclic) bond motifs is 2. The van der Waals surface area contributed by atoms with E-state index in [4.69, 9.17) is 0 Å². The fourth-order valence-electron chi connectivity index (χ4n) is 3.71. The first-order chi connectivity index (χ1) is 12.9. The molecular weight excluding hydrogens is 366 g/mol. The van der Waals surface area contributed by atoms with E-state index in [1.807, 2.05) is 31.2 Å². The van der Waals surface area contributed by atoms with Crippen molar-refractivity contribution >= 4 is 33.2 Å². The predicted octanol–water partition coefficient (Wildman–Crippen LogP) is 2.91. The molecule has 4 rings (SSSR count). The zero-order valence-corrected chi connectivity index (χ0v) is 15.5. The van der Waals surface area contributed by atoms with Crippen molar-refractivity contribution in [3.8, 4) is 0 Å². The maximum atomic E-state index is 12.8. The molecule has 2 aliphatic heterocycles. The first-order valence-corrected chi connectivity index (χ1v) is 10.4. The molecule has 0 fully saturated rings. The van der Waals surface area contributed by atoms with Gasteiger partial charge in [-0.3, -0.25) is 4.79 Å². The summed E-state index contributed by atoms with van der Waals surface area (Å²) in [6.45, 7) is 2.54. The van der Waals surface area contributed by atoms with Crippen LogP contribution in [0.5, 0.6) is 0 Å². The molecule has 0 bridgehead atoms. The van der Waals surface area contributed by atoms with Gasteiger partial charge in [-0.25, -0.2) is 13.2 Å². The lowest BCUT2D eigenvalue weighted by Gasteiger charge is -2.25. The SMILES string of the molecule is CCC1c2ccccc2CN1C(=O)Nc1ccc2c(c1)S(=O)(=O)CC(=O)N2. The van der Waals surface area contributed by atoms with Gasteiger partial charge in [-0.05, 0) is 35.7 Å². The van der Waals surface area contributed by atoms with Gasteiger partial charge in [-0.2, -0.15) is 0 Å². The summed E-state index contributed by atoms with van der Waals surface area (Å²) in [6, 6.07) is 12.1. The molecule has 0 radical (unpaired) electrons. The highest BCUT2D eigenvalue weighted by Crippen LogP contribution is 2.36. The van der Waals surface area contributed by atoms with Crippen LogP contribution in [0.15, 0.2) is 47.4 Å². The molecule has 1 unspecified atom stereocenters. The summed E-state index contributed by atoms with van der Waals surface area (Å²) in [5, 5.41) is 5.33. The van der Waals surface area contributed by atoms with Gasteiger partial charge in [0.1, 0.15) is 5.75 Å². The van der Waals surface area contributed by atoms with E-state index in [-0.39, 0.29) is 22.7 Å². The molecule has 0 aliphatic carbocycles. The van der Waals surface area contributed by atoms with E-state index >= 15 is 0 Å². The third-order valence-corrected chi connectivity index (χ3v) is 6.59. The lowest BCUT2D eigenvalue weighted by Crippen LogP contribution is -2.33. The van der Waals surface area contributed by atoms with Crippen molar-refractivity contribution < 1.29 is 18.0 Å². The van der Waals surface area contributed by atoms with E-state index in [1.165, 1.54) is 12.1 Å². The summed E-state index contributed by atoms with van der Waals surface area (Å²) in [6.07, 6.45) is 0.787. The molecule has 2 aromatic rings. The van der Waals surface area contributed by atoms with Gasteiger partial charge in [0, 0.05) is 12.2 Å². The summed E-state index contributed by atoms with van der Waals surface area (Å²) >= 11 is 0. The highest BCUT2D eigenvalue weighted by molar-refractivity contribution is 7.92. The predicted molar refractivity (Wildman–Crippen MR) is 101 cm³/mol. The molecule has 3 amide bonds. The number of urea groups is 1.